The second kappa shape index (κ2) is 6.09. The smallest absolute Gasteiger partial charge is 0.373 e. The van der Waals surface area contributed by atoms with Gasteiger partial charge in [-0.1, -0.05) is 0 Å². The maximum atomic E-state index is 11.7. The van der Waals surface area contributed by atoms with E-state index in [2.05, 4.69) is 19.6 Å². The zero-order valence-electron chi connectivity index (χ0n) is 10.6. The molecule has 0 spiro atoms. The number of rotatable bonds is 6. The summed E-state index contributed by atoms with van der Waals surface area (Å²) in [4.78, 5) is 25.2. The molecule has 0 saturated carbocycles. The lowest BCUT2D eigenvalue weighted by Crippen LogP contribution is -2.03. The molecule has 0 aliphatic heterocycles. The lowest BCUT2D eigenvalue weighted by atomic mass is 10.3. The quantitative estimate of drug-likeness (QED) is 0.664. The number of aryl methyl sites for hydroxylation is 1. The lowest BCUT2D eigenvalue weighted by molar-refractivity contribution is 0.223. The van der Waals surface area contributed by atoms with Gasteiger partial charge in [-0.3, -0.25) is 4.57 Å². The van der Waals surface area contributed by atoms with E-state index in [1.54, 1.807) is 14.0 Å². The van der Waals surface area contributed by atoms with Crippen LogP contribution < -0.4 is 5.32 Å². The Hall–Kier alpha value is -0.820. The number of aromatic nitrogens is 2. The van der Waals surface area contributed by atoms with Crippen LogP contribution in [0.25, 0.3) is 0 Å². The first-order chi connectivity index (χ1) is 8.63. The van der Waals surface area contributed by atoms with Crippen molar-refractivity contribution in [2.24, 2.45) is 0 Å². The summed E-state index contributed by atoms with van der Waals surface area (Å²) in [5, 5.41) is 2.81. The maximum Gasteiger partial charge on any atom is 0.476 e. The van der Waals surface area contributed by atoms with Crippen LogP contribution in [0.4, 0.5) is 5.82 Å². The molecule has 0 fully saturated rings. The third-order valence-corrected chi connectivity index (χ3v) is 4.57. The molecule has 0 aromatic carbocycles. The van der Waals surface area contributed by atoms with Gasteiger partial charge in [-0.2, -0.15) is 0 Å². The molecule has 108 valence electrons. The molecule has 0 radical (unpaired) electrons. The minimum Gasteiger partial charge on any atom is -0.373 e. The van der Waals surface area contributed by atoms with Crippen LogP contribution in [0.3, 0.4) is 0 Å². The predicted molar refractivity (Wildman–Crippen MR) is 67.8 cm³/mol. The van der Waals surface area contributed by atoms with E-state index >= 15 is 0 Å². The summed E-state index contributed by atoms with van der Waals surface area (Å²) in [6, 6.07) is 0. The summed E-state index contributed by atoms with van der Waals surface area (Å²) in [6.45, 7) is 2.47. The summed E-state index contributed by atoms with van der Waals surface area (Å²) in [6.07, 6.45) is 1.46. The van der Waals surface area contributed by atoms with Crippen molar-refractivity contribution in [1.82, 2.24) is 9.97 Å². The summed E-state index contributed by atoms with van der Waals surface area (Å²) in [7, 11) is -7.10. The predicted octanol–water partition coefficient (Wildman–Crippen LogP) is 1.28. The fourth-order valence-corrected chi connectivity index (χ4v) is 3.33. The van der Waals surface area contributed by atoms with E-state index in [1.807, 2.05) is 0 Å². The third kappa shape index (κ3) is 5.78. The molecule has 1 heterocycles. The molecule has 9 nitrogen and oxygen atoms in total. The number of hydrogen-bond acceptors (Lipinski definition) is 7. The molecular formula is C8H15N3O6P2. The average Bonchev–Trinajstić information content (AvgIpc) is 2.24. The third-order valence-electron chi connectivity index (χ3n) is 1.93. The molecule has 3 N–H and O–H groups in total. The van der Waals surface area contributed by atoms with Crippen LogP contribution in [0.5, 0.6) is 0 Å². The lowest BCUT2D eigenvalue weighted by Gasteiger charge is -2.15. The second-order valence-corrected chi connectivity index (χ2v) is 7.09. The number of nitrogens with zero attached hydrogens (tertiary/aromatic N) is 2. The standard InChI is InChI=1S/C8H15N3O6P2/c1-6-10-4-7(8(9-2)11-6)5-16-18(3,12)17-19(13,14)15/h4H,5H2,1-3H3,(H,9,10,11)(H2,13,14,15). The van der Waals surface area contributed by atoms with Crippen LogP contribution in [0.1, 0.15) is 11.4 Å². The van der Waals surface area contributed by atoms with E-state index in [1.165, 1.54) is 6.20 Å². The minimum absolute atomic E-state index is 0.204. The Bertz CT molecular complexity index is 545. The molecule has 0 aliphatic carbocycles. The first kappa shape index (κ1) is 16.2. The van der Waals surface area contributed by atoms with Gasteiger partial charge in [-0.15, -0.1) is 0 Å². The summed E-state index contributed by atoms with van der Waals surface area (Å²) in [5.41, 5.74) is 0.490. The van der Waals surface area contributed by atoms with E-state index in [9.17, 15) is 9.13 Å². The van der Waals surface area contributed by atoms with E-state index < -0.39 is 15.4 Å². The number of anilines is 1. The Kier molecular flexibility index (Phi) is 5.20. The molecule has 1 aromatic heterocycles. The van der Waals surface area contributed by atoms with Gasteiger partial charge in [-0.25, -0.2) is 18.8 Å². The van der Waals surface area contributed by atoms with Crippen molar-refractivity contribution >= 4 is 21.2 Å². The molecule has 1 aromatic rings. The average molecular weight is 311 g/mol. The normalized spacial score (nSPS) is 15.0. The van der Waals surface area contributed by atoms with Gasteiger partial charge < -0.3 is 19.6 Å². The van der Waals surface area contributed by atoms with Crippen molar-refractivity contribution in [3.8, 4) is 0 Å². The van der Waals surface area contributed by atoms with Crippen molar-refractivity contribution in [3.63, 3.8) is 0 Å². The fraction of sp³-hybridized carbons (Fsp3) is 0.500. The summed E-state index contributed by atoms with van der Waals surface area (Å²) in [5.74, 6) is 1.02. The van der Waals surface area contributed by atoms with Gasteiger partial charge in [-0.05, 0) is 6.92 Å². The van der Waals surface area contributed by atoms with Crippen LogP contribution in [0.2, 0.25) is 0 Å². The van der Waals surface area contributed by atoms with E-state index in [4.69, 9.17) is 14.3 Å². The first-order valence-electron chi connectivity index (χ1n) is 5.12. The van der Waals surface area contributed by atoms with Gasteiger partial charge in [0.25, 0.3) is 0 Å². The Morgan fingerprint density at radius 1 is 1.42 bits per heavy atom. The zero-order valence-corrected chi connectivity index (χ0v) is 12.4. The molecule has 1 atom stereocenters. The van der Waals surface area contributed by atoms with Crippen LogP contribution >= 0.6 is 15.4 Å². The molecular weight excluding hydrogens is 296 g/mol. The highest BCUT2D eigenvalue weighted by Crippen LogP contribution is 2.58. The zero-order chi connectivity index (χ0) is 14.7. The monoisotopic (exact) mass is 311 g/mol. The van der Waals surface area contributed by atoms with Crippen LogP contribution in [0, 0.1) is 6.92 Å². The topological polar surface area (TPSA) is 131 Å². The van der Waals surface area contributed by atoms with Crippen molar-refractivity contribution in [3.05, 3.63) is 17.6 Å². The van der Waals surface area contributed by atoms with Crippen molar-refractivity contribution in [1.29, 1.82) is 0 Å². The van der Waals surface area contributed by atoms with Crippen LogP contribution in [-0.2, 0) is 24.6 Å². The van der Waals surface area contributed by atoms with Gasteiger partial charge >= 0.3 is 15.4 Å². The van der Waals surface area contributed by atoms with Crippen LogP contribution in [0.15, 0.2) is 6.20 Å². The molecule has 0 bridgehead atoms. The van der Waals surface area contributed by atoms with E-state index in [0.717, 1.165) is 6.66 Å². The van der Waals surface area contributed by atoms with Crippen molar-refractivity contribution in [2.45, 2.75) is 13.5 Å². The number of phosphoric acid groups is 1. The molecule has 1 unspecified atom stereocenters. The number of hydrogen-bond donors (Lipinski definition) is 3. The number of nitrogens with one attached hydrogen (secondary N) is 1. The van der Waals surface area contributed by atoms with Crippen molar-refractivity contribution in [2.75, 3.05) is 19.0 Å². The summed E-state index contributed by atoms with van der Waals surface area (Å²) < 4.78 is 31.3. The van der Waals surface area contributed by atoms with Crippen molar-refractivity contribution < 1.29 is 27.8 Å². The Morgan fingerprint density at radius 2 is 2.05 bits per heavy atom. The minimum atomic E-state index is -4.87. The molecule has 11 heteroatoms. The molecule has 0 aliphatic rings. The summed E-state index contributed by atoms with van der Waals surface area (Å²) >= 11 is 0. The van der Waals surface area contributed by atoms with Gasteiger partial charge in [0.15, 0.2) is 0 Å². The maximum absolute atomic E-state index is 11.7. The largest absolute Gasteiger partial charge is 0.476 e. The highest BCUT2D eigenvalue weighted by Gasteiger charge is 2.29. The van der Waals surface area contributed by atoms with Crippen LogP contribution in [-0.4, -0.2) is 33.5 Å². The van der Waals surface area contributed by atoms with Gasteiger partial charge in [0.1, 0.15) is 11.6 Å². The van der Waals surface area contributed by atoms with E-state index in [0.29, 0.717) is 17.2 Å². The Balaban J connectivity index is 2.77. The Morgan fingerprint density at radius 3 is 2.58 bits per heavy atom. The first-order valence-corrected chi connectivity index (χ1v) is 8.64. The highest BCUT2D eigenvalue weighted by atomic mass is 31.3. The van der Waals surface area contributed by atoms with E-state index in [-0.39, 0.29) is 6.61 Å². The molecule has 1 rings (SSSR count). The SMILES string of the molecule is CNc1nc(C)ncc1COP(C)(=O)OP(=O)(O)O. The van der Waals surface area contributed by atoms with Gasteiger partial charge in [0.2, 0.25) is 0 Å². The fourth-order valence-electron chi connectivity index (χ4n) is 1.22. The molecule has 0 amide bonds. The van der Waals surface area contributed by atoms with Gasteiger partial charge in [0.05, 0.1) is 6.61 Å². The molecule has 19 heavy (non-hydrogen) atoms. The molecule has 0 saturated heterocycles. The Labute approximate surface area is 110 Å². The second-order valence-electron chi connectivity index (χ2n) is 3.66. The van der Waals surface area contributed by atoms with Gasteiger partial charge in [0, 0.05) is 25.5 Å². The highest BCUT2D eigenvalue weighted by molar-refractivity contribution is 7.63.